The first-order valence-electron chi connectivity index (χ1n) is 11.2. The number of nitrogens with zero attached hydrogens (tertiary/aromatic N) is 1. The van der Waals surface area contributed by atoms with Crippen LogP contribution in [-0.2, 0) is 4.79 Å². The van der Waals surface area contributed by atoms with Crippen LogP contribution in [0.1, 0.15) is 43.7 Å². The van der Waals surface area contributed by atoms with Gasteiger partial charge in [0.2, 0.25) is 5.91 Å². The number of hydrogen-bond acceptors (Lipinski definition) is 4. The molecule has 0 spiro atoms. The number of carbonyl (C=O) groups excluding carboxylic acids is 1. The Bertz CT molecular complexity index is 1130. The van der Waals surface area contributed by atoms with Gasteiger partial charge in [-0.1, -0.05) is 25.0 Å². The average Bonchev–Trinajstić information content (AvgIpc) is 3.04. The smallest absolute Gasteiger partial charge is 0.246 e. The lowest BCUT2D eigenvalue weighted by Crippen LogP contribution is -2.30. The molecule has 168 valence electrons. The molecule has 1 amide bonds. The molecule has 0 unspecified atom stereocenters. The monoisotopic (exact) mass is 433 g/mol. The fraction of sp³-hybridized carbons (Fsp3) is 0.370. The number of rotatable bonds is 5. The standard InChI is InChI=1S/C27H31NO4/c1-18(15-25(29)28-13-7-5-6-8-14-28)22-16-23-24(20-9-11-21(30-3)12-10-20)17-32-27(23)19(2)26(22)31-4/h9-12,15-17H,5-8,13-14H2,1-4H3/b18-15+. The molecule has 0 atom stereocenters. The van der Waals surface area contributed by atoms with Gasteiger partial charge in [-0.15, -0.1) is 0 Å². The topological polar surface area (TPSA) is 51.9 Å². The molecule has 32 heavy (non-hydrogen) atoms. The first-order valence-corrected chi connectivity index (χ1v) is 11.2. The van der Waals surface area contributed by atoms with Crippen LogP contribution < -0.4 is 9.47 Å². The first-order chi connectivity index (χ1) is 15.5. The summed E-state index contributed by atoms with van der Waals surface area (Å²) in [5, 5.41) is 0.999. The number of likely N-dealkylation sites (tertiary alicyclic amines) is 1. The van der Waals surface area contributed by atoms with Crippen molar-refractivity contribution in [2.45, 2.75) is 39.5 Å². The Morgan fingerprint density at radius 2 is 1.72 bits per heavy atom. The van der Waals surface area contributed by atoms with E-state index in [-0.39, 0.29) is 5.91 Å². The molecule has 1 aliphatic heterocycles. The van der Waals surface area contributed by atoms with E-state index >= 15 is 0 Å². The van der Waals surface area contributed by atoms with Crippen molar-refractivity contribution in [1.29, 1.82) is 0 Å². The SMILES string of the molecule is COc1ccc(-c2coc3c(C)c(OC)c(/C(C)=C/C(=O)N4CCCCCC4)cc23)cc1. The highest BCUT2D eigenvalue weighted by atomic mass is 16.5. The molecule has 5 heteroatoms. The lowest BCUT2D eigenvalue weighted by atomic mass is 9.96. The Balaban J connectivity index is 1.76. The molecule has 1 aliphatic rings. The van der Waals surface area contributed by atoms with Gasteiger partial charge in [0, 0.05) is 41.2 Å². The van der Waals surface area contributed by atoms with Crippen LogP contribution >= 0.6 is 0 Å². The van der Waals surface area contributed by atoms with Gasteiger partial charge < -0.3 is 18.8 Å². The maximum atomic E-state index is 13.0. The maximum absolute atomic E-state index is 13.0. The van der Waals surface area contributed by atoms with E-state index in [2.05, 4.69) is 6.07 Å². The van der Waals surface area contributed by atoms with Crippen molar-refractivity contribution in [1.82, 2.24) is 4.90 Å². The van der Waals surface area contributed by atoms with Crippen molar-refractivity contribution < 1.29 is 18.7 Å². The molecule has 4 rings (SSSR count). The summed E-state index contributed by atoms with van der Waals surface area (Å²) < 4.78 is 17.0. The molecule has 5 nitrogen and oxygen atoms in total. The van der Waals surface area contributed by atoms with E-state index in [1.54, 1.807) is 26.6 Å². The summed E-state index contributed by atoms with van der Waals surface area (Å²) in [7, 11) is 3.32. The predicted molar refractivity (Wildman–Crippen MR) is 128 cm³/mol. The fourth-order valence-electron chi connectivity index (χ4n) is 4.51. The van der Waals surface area contributed by atoms with E-state index in [9.17, 15) is 4.79 Å². The quantitative estimate of drug-likeness (QED) is 0.448. The molecule has 1 saturated heterocycles. The minimum absolute atomic E-state index is 0.0757. The van der Waals surface area contributed by atoms with Crippen LogP contribution in [0.4, 0.5) is 0 Å². The first kappa shape index (κ1) is 22.0. The minimum Gasteiger partial charge on any atom is -0.497 e. The van der Waals surface area contributed by atoms with Crippen molar-refractivity contribution in [2.75, 3.05) is 27.3 Å². The van der Waals surface area contributed by atoms with Crippen molar-refractivity contribution in [3.05, 3.63) is 53.8 Å². The van der Waals surface area contributed by atoms with E-state index in [1.807, 2.05) is 43.0 Å². The number of benzene rings is 2. The molecule has 0 radical (unpaired) electrons. The lowest BCUT2D eigenvalue weighted by Gasteiger charge is -2.19. The van der Waals surface area contributed by atoms with E-state index in [1.165, 1.54) is 12.8 Å². The number of methoxy groups -OCH3 is 2. The third-order valence-corrected chi connectivity index (χ3v) is 6.33. The van der Waals surface area contributed by atoms with Crippen LogP contribution in [0.5, 0.6) is 11.5 Å². The highest BCUT2D eigenvalue weighted by Gasteiger charge is 2.20. The normalized spacial score (nSPS) is 15.0. The van der Waals surface area contributed by atoms with Gasteiger partial charge in [-0.05, 0) is 56.0 Å². The van der Waals surface area contributed by atoms with Crippen LogP contribution in [-0.4, -0.2) is 38.1 Å². The van der Waals surface area contributed by atoms with Crippen molar-refractivity contribution in [3.63, 3.8) is 0 Å². The number of ether oxygens (including phenoxy) is 2. The zero-order chi connectivity index (χ0) is 22.7. The molecule has 0 bridgehead atoms. The van der Waals surface area contributed by atoms with Gasteiger partial charge in [0.15, 0.2) is 0 Å². The fourth-order valence-corrected chi connectivity index (χ4v) is 4.51. The zero-order valence-electron chi connectivity index (χ0n) is 19.4. The van der Waals surface area contributed by atoms with Gasteiger partial charge in [-0.3, -0.25) is 4.79 Å². The van der Waals surface area contributed by atoms with E-state index in [4.69, 9.17) is 13.9 Å². The Morgan fingerprint density at radius 3 is 2.34 bits per heavy atom. The van der Waals surface area contributed by atoms with E-state index in [0.29, 0.717) is 0 Å². The Hall–Kier alpha value is -3.21. The van der Waals surface area contributed by atoms with E-state index in [0.717, 1.165) is 76.2 Å². The van der Waals surface area contributed by atoms with Gasteiger partial charge in [0.25, 0.3) is 0 Å². The lowest BCUT2D eigenvalue weighted by molar-refractivity contribution is -0.125. The number of furan rings is 1. The van der Waals surface area contributed by atoms with Crippen molar-refractivity contribution in [2.24, 2.45) is 0 Å². The molecule has 2 aromatic carbocycles. The summed E-state index contributed by atoms with van der Waals surface area (Å²) in [4.78, 5) is 14.9. The molecule has 0 N–H and O–H groups in total. The number of carbonyl (C=O) groups is 1. The van der Waals surface area contributed by atoms with Crippen LogP contribution in [0, 0.1) is 6.92 Å². The Kier molecular flexibility index (Phi) is 6.54. The minimum atomic E-state index is 0.0757. The van der Waals surface area contributed by atoms with Gasteiger partial charge in [-0.2, -0.15) is 0 Å². The summed E-state index contributed by atoms with van der Waals surface area (Å²) in [6.45, 7) is 5.64. The molecule has 2 heterocycles. The highest BCUT2D eigenvalue weighted by Crippen LogP contribution is 2.40. The van der Waals surface area contributed by atoms with Gasteiger partial charge in [0.05, 0.1) is 20.5 Å². The number of aryl methyl sites for hydroxylation is 1. The van der Waals surface area contributed by atoms with Crippen molar-refractivity contribution >= 4 is 22.4 Å². The summed E-state index contributed by atoms with van der Waals surface area (Å²) in [6, 6.07) is 10.0. The molecular weight excluding hydrogens is 402 g/mol. The number of allylic oxidation sites excluding steroid dienone is 1. The zero-order valence-corrected chi connectivity index (χ0v) is 19.4. The van der Waals surface area contributed by atoms with Gasteiger partial charge >= 0.3 is 0 Å². The summed E-state index contributed by atoms with van der Waals surface area (Å²) in [5.41, 5.74) is 5.57. The number of fused-ring (bicyclic) bond motifs is 1. The summed E-state index contributed by atoms with van der Waals surface area (Å²) in [6.07, 6.45) is 8.09. The second-order valence-electron chi connectivity index (χ2n) is 8.40. The number of amides is 1. The van der Waals surface area contributed by atoms with Crippen LogP contribution in [0.15, 0.2) is 47.1 Å². The Labute approximate surface area is 189 Å². The molecule has 0 saturated carbocycles. The molecule has 1 aromatic heterocycles. The second kappa shape index (κ2) is 9.51. The van der Waals surface area contributed by atoms with Gasteiger partial charge in [0.1, 0.15) is 17.1 Å². The third-order valence-electron chi connectivity index (χ3n) is 6.33. The van der Waals surface area contributed by atoms with Crippen LogP contribution in [0.2, 0.25) is 0 Å². The third kappa shape index (κ3) is 4.24. The van der Waals surface area contributed by atoms with Gasteiger partial charge in [-0.25, -0.2) is 0 Å². The molecular formula is C27H31NO4. The largest absolute Gasteiger partial charge is 0.497 e. The number of hydrogen-bond donors (Lipinski definition) is 0. The van der Waals surface area contributed by atoms with Crippen LogP contribution in [0.25, 0.3) is 27.7 Å². The predicted octanol–water partition coefficient (Wildman–Crippen LogP) is 6.23. The molecule has 1 fully saturated rings. The van der Waals surface area contributed by atoms with Crippen LogP contribution in [0.3, 0.4) is 0 Å². The Morgan fingerprint density at radius 1 is 1.03 bits per heavy atom. The summed E-state index contributed by atoms with van der Waals surface area (Å²) in [5.74, 6) is 1.63. The average molecular weight is 434 g/mol. The molecule has 0 aliphatic carbocycles. The van der Waals surface area contributed by atoms with Crippen molar-refractivity contribution in [3.8, 4) is 22.6 Å². The van der Waals surface area contributed by atoms with E-state index < -0.39 is 0 Å². The maximum Gasteiger partial charge on any atom is 0.246 e. The molecule has 3 aromatic rings. The summed E-state index contributed by atoms with van der Waals surface area (Å²) >= 11 is 0. The second-order valence-corrected chi connectivity index (χ2v) is 8.40. The highest BCUT2D eigenvalue weighted by molar-refractivity contribution is 6.01.